The predicted octanol–water partition coefficient (Wildman–Crippen LogP) is 2.92. The lowest BCUT2D eigenvalue weighted by Gasteiger charge is -2.24. The first-order valence-corrected chi connectivity index (χ1v) is 7.52. The topological polar surface area (TPSA) is 59.0 Å². The van der Waals surface area contributed by atoms with Gasteiger partial charge in [-0.25, -0.2) is 4.79 Å². The summed E-state index contributed by atoms with van der Waals surface area (Å²) in [6, 6.07) is 0.532. The quantitative estimate of drug-likeness (QED) is 0.897. The lowest BCUT2D eigenvalue weighted by atomic mass is 9.96. The van der Waals surface area contributed by atoms with Crippen LogP contribution < -0.4 is 10.6 Å². The van der Waals surface area contributed by atoms with Gasteiger partial charge in [0.25, 0.3) is 0 Å². The normalized spacial score (nSPS) is 18.0. The number of hydrogen-bond acceptors (Lipinski definition) is 2. The summed E-state index contributed by atoms with van der Waals surface area (Å²) < 4.78 is 38.5. The van der Waals surface area contributed by atoms with Crippen LogP contribution in [-0.2, 0) is 12.7 Å². The number of alkyl halides is 3. The maximum Gasteiger partial charge on any atom is 0.435 e. The number of carbonyl (C=O) groups excluding carboxylic acids is 1. The predicted molar refractivity (Wildman–Crippen MR) is 75.2 cm³/mol. The molecule has 2 rings (SSSR count). The molecule has 0 bridgehead atoms. The Hall–Kier alpha value is -1.73. The molecule has 1 aliphatic carbocycles. The first-order valence-electron chi connectivity index (χ1n) is 7.52. The van der Waals surface area contributed by atoms with Gasteiger partial charge in [0.1, 0.15) is 0 Å². The van der Waals surface area contributed by atoms with Crippen molar-refractivity contribution in [3.05, 3.63) is 18.0 Å². The first-order chi connectivity index (χ1) is 10.3. The summed E-state index contributed by atoms with van der Waals surface area (Å²) in [6.07, 6.45) is 2.23. The van der Waals surface area contributed by atoms with Crippen LogP contribution in [0.25, 0.3) is 0 Å². The zero-order valence-corrected chi connectivity index (χ0v) is 12.5. The zero-order valence-electron chi connectivity index (χ0n) is 12.5. The number of nitrogens with zero attached hydrogens (tertiary/aromatic N) is 2. The van der Waals surface area contributed by atoms with Gasteiger partial charge in [-0.1, -0.05) is 19.3 Å². The van der Waals surface area contributed by atoms with E-state index in [1.54, 1.807) is 6.92 Å². The second-order valence-electron chi connectivity index (χ2n) is 5.77. The summed E-state index contributed by atoms with van der Waals surface area (Å²) in [5.41, 5.74) is -0.925. The second-order valence-corrected chi connectivity index (χ2v) is 5.77. The second kappa shape index (κ2) is 7.02. The lowest BCUT2D eigenvalue weighted by Crippen LogP contribution is -2.47. The number of carbonyl (C=O) groups is 1. The molecule has 1 aromatic heterocycles. The SMILES string of the molecule is C[C@@H](Cn1ccc(C(F)(F)F)n1)NC(=O)NC1CCCCC1. The summed E-state index contributed by atoms with van der Waals surface area (Å²) in [4.78, 5) is 11.8. The van der Waals surface area contributed by atoms with Crippen molar-refractivity contribution in [1.29, 1.82) is 0 Å². The van der Waals surface area contributed by atoms with E-state index >= 15 is 0 Å². The van der Waals surface area contributed by atoms with Gasteiger partial charge in [-0.3, -0.25) is 4.68 Å². The van der Waals surface area contributed by atoms with Crippen molar-refractivity contribution in [2.24, 2.45) is 0 Å². The van der Waals surface area contributed by atoms with Crippen LogP contribution in [0.15, 0.2) is 12.3 Å². The van der Waals surface area contributed by atoms with Crippen LogP contribution in [0.5, 0.6) is 0 Å². The largest absolute Gasteiger partial charge is 0.435 e. The van der Waals surface area contributed by atoms with E-state index in [1.165, 1.54) is 17.3 Å². The third-order valence-electron chi connectivity index (χ3n) is 3.71. The molecular weight excluding hydrogens is 297 g/mol. The molecule has 22 heavy (non-hydrogen) atoms. The molecule has 0 spiro atoms. The standard InChI is InChI=1S/C14H21F3N4O/c1-10(9-21-8-7-12(20-21)14(15,16)17)18-13(22)19-11-5-3-2-4-6-11/h7-8,10-11H,2-6,9H2,1H3,(H2,18,19,22)/t10-/m0/s1. The molecular formula is C14H21F3N4O. The van der Waals surface area contributed by atoms with Gasteiger partial charge in [-0.15, -0.1) is 0 Å². The minimum Gasteiger partial charge on any atom is -0.335 e. The summed E-state index contributed by atoms with van der Waals surface area (Å²) >= 11 is 0. The molecule has 2 N–H and O–H groups in total. The van der Waals surface area contributed by atoms with Crippen molar-refractivity contribution >= 4 is 6.03 Å². The van der Waals surface area contributed by atoms with E-state index in [-0.39, 0.29) is 24.7 Å². The van der Waals surface area contributed by atoms with Crippen molar-refractivity contribution in [3.63, 3.8) is 0 Å². The van der Waals surface area contributed by atoms with Crippen LogP contribution in [0.2, 0.25) is 0 Å². The highest BCUT2D eigenvalue weighted by Crippen LogP contribution is 2.27. The smallest absolute Gasteiger partial charge is 0.335 e. The first kappa shape index (κ1) is 16.6. The molecule has 1 aromatic rings. The molecule has 1 atom stereocenters. The van der Waals surface area contributed by atoms with Crippen molar-refractivity contribution in [2.75, 3.05) is 0 Å². The molecule has 1 saturated carbocycles. The monoisotopic (exact) mass is 318 g/mol. The summed E-state index contributed by atoms with van der Waals surface area (Å²) in [7, 11) is 0. The number of aromatic nitrogens is 2. The van der Waals surface area contributed by atoms with Crippen LogP contribution in [0.4, 0.5) is 18.0 Å². The van der Waals surface area contributed by atoms with Gasteiger partial charge >= 0.3 is 12.2 Å². The third-order valence-corrected chi connectivity index (χ3v) is 3.71. The Morgan fingerprint density at radius 1 is 1.41 bits per heavy atom. The number of amides is 2. The summed E-state index contributed by atoms with van der Waals surface area (Å²) in [5, 5.41) is 9.10. The zero-order chi connectivity index (χ0) is 16.2. The molecule has 5 nitrogen and oxygen atoms in total. The third kappa shape index (κ3) is 4.92. The minimum atomic E-state index is -4.44. The average molecular weight is 318 g/mol. The minimum absolute atomic E-state index is 0.189. The van der Waals surface area contributed by atoms with E-state index in [0.717, 1.165) is 31.7 Å². The Balaban J connectivity index is 1.78. The van der Waals surface area contributed by atoms with Crippen LogP contribution in [-0.4, -0.2) is 27.9 Å². The molecule has 0 unspecified atom stereocenters. The number of rotatable bonds is 4. The highest BCUT2D eigenvalue weighted by atomic mass is 19.4. The Bertz CT molecular complexity index is 495. The van der Waals surface area contributed by atoms with E-state index in [1.807, 2.05) is 0 Å². The fourth-order valence-electron chi connectivity index (χ4n) is 2.64. The van der Waals surface area contributed by atoms with Crippen LogP contribution in [0.1, 0.15) is 44.7 Å². The van der Waals surface area contributed by atoms with Gasteiger partial charge < -0.3 is 10.6 Å². The van der Waals surface area contributed by atoms with Crippen LogP contribution in [0.3, 0.4) is 0 Å². The Kier molecular flexibility index (Phi) is 5.31. The number of urea groups is 1. The van der Waals surface area contributed by atoms with E-state index in [2.05, 4.69) is 15.7 Å². The van der Waals surface area contributed by atoms with Crippen molar-refractivity contribution in [1.82, 2.24) is 20.4 Å². The molecule has 8 heteroatoms. The molecule has 124 valence electrons. The van der Waals surface area contributed by atoms with E-state index < -0.39 is 11.9 Å². The molecule has 0 saturated heterocycles. The van der Waals surface area contributed by atoms with Gasteiger partial charge in [0.05, 0.1) is 6.54 Å². The average Bonchev–Trinajstić information content (AvgIpc) is 2.87. The van der Waals surface area contributed by atoms with E-state index in [0.29, 0.717) is 0 Å². The van der Waals surface area contributed by atoms with Gasteiger partial charge in [-0.05, 0) is 25.8 Å². The van der Waals surface area contributed by atoms with Crippen molar-refractivity contribution in [2.45, 2.75) is 63.8 Å². The number of nitrogens with one attached hydrogen (secondary N) is 2. The fraction of sp³-hybridized carbons (Fsp3) is 0.714. The highest BCUT2D eigenvalue weighted by Gasteiger charge is 2.33. The highest BCUT2D eigenvalue weighted by molar-refractivity contribution is 5.74. The number of hydrogen-bond donors (Lipinski definition) is 2. The molecule has 0 aromatic carbocycles. The molecule has 1 fully saturated rings. The van der Waals surface area contributed by atoms with Crippen molar-refractivity contribution < 1.29 is 18.0 Å². The lowest BCUT2D eigenvalue weighted by molar-refractivity contribution is -0.141. The van der Waals surface area contributed by atoms with Gasteiger partial charge in [0.2, 0.25) is 0 Å². The van der Waals surface area contributed by atoms with Gasteiger partial charge in [0, 0.05) is 18.3 Å². The molecule has 0 radical (unpaired) electrons. The molecule has 1 heterocycles. The van der Waals surface area contributed by atoms with Crippen molar-refractivity contribution in [3.8, 4) is 0 Å². The summed E-state index contributed by atoms with van der Waals surface area (Å²) in [5.74, 6) is 0. The molecule has 2 amide bonds. The maximum absolute atomic E-state index is 12.5. The van der Waals surface area contributed by atoms with Gasteiger partial charge in [-0.2, -0.15) is 18.3 Å². The molecule has 1 aliphatic rings. The Morgan fingerprint density at radius 2 is 2.09 bits per heavy atom. The number of halogens is 3. The Labute approximate surface area is 127 Å². The van der Waals surface area contributed by atoms with Crippen LogP contribution in [0, 0.1) is 0 Å². The Morgan fingerprint density at radius 3 is 2.68 bits per heavy atom. The fourth-order valence-corrected chi connectivity index (χ4v) is 2.64. The van der Waals surface area contributed by atoms with Gasteiger partial charge in [0.15, 0.2) is 5.69 Å². The maximum atomic E-state index is 12.5. The van der Waals surface area contributed by atoms with Crippen LogP contribution >= 0.6 is 0 Å². The summed E-state index contributed by atoms with van der Waals surface area (Å²) in [6.45, 7) is 1.92. The molecule has 0 aliphatic heterocycles. The van der Waals surface area contributed by atoms with E-state index in [9.17, 15) is 18.0 Å². The van der Waals surface area contributed by atoms with E-state index in [4.69, 9.17) is 0 Å².